The van der Waals surface area contributed by atoms with Gasteiger partial charge in [-0.3, -0.25) is 0 Å². The number of hydrogen-bond donors (Lipinski definition) is 1. The van der Waals surface area contributed by atoms with Crippen LogP contribution in [0.4, 0.5) is 5.82 Å². The molecule has 4 nitrogen and oxygen atoms in total. The second kappa shape index (κ2) is 4.05. The fourth-order valence-corrected chi connectivity index (χ4v) is 1.65. The average Bonchev–Trinajstić information content (AvgIpc) is 2.63. The minimum atomic E-state index is 0.242. The normalized spacial score (nSPS) is 10.1. The first-order valence-corrected chi connectivity index (χ1v) is 5.08. The zero-order chi connectivity index (χ0) is 11.7. The van der Waals surface area contributed by atoms with E-state index in [2.05, 4.69) is 5.10 Å². The zero-order valence-electron chi connectivity index (χ0n) is 7.98. The van der Waals surface area contributed by atoms with Gasteiger partial charge in [-0.2, -0.15) is 10.4 Å². The van der Waals surface area contributed by atoms with Gasteiger partial charge in [-0.05, 0) is 18.2 Å². The Morgan fingerprint density at radius 2 is 2.12 bits per heavy atom. The summed E-state index contributed by atoms with van der Waals surface area (Å²) >= 11 is 11.9. The first-order valence-electron chi connectivity index (χ1n) is 4.32. The molecule has 0 saturated carbocycles. The molecule has 0 amide bonds. The number of hydrogen-bond acceptors (Lipinski definition) is 3. The quantitative estimate of drug-likeness (QED) is 0.849. The van der Waals surface area contributed by atoms with E-state index in [1.54, 1.807) is 18.2 Å². The van der Waals surface area contributed by atoms with E-state index >= 15 is 0 Å². The number of nitrogens with zero attached hydrogens (tertiary/aromatic N) is 3. The van der Waals surface area contributed by atoms with Crippen LogP contribution >= 0.6 is 23.2 Å². The van der Waals surface area contributed by atoms with Crippen molar-refractivity contribution in [2.45, 2.75) is 0 Å². The molecule has 2 aromatic rings. The third-order valence-electron chi connectivity index (χ3n) is 2.06. The van der Waals surface area contributed by atoms with Crippen LogP contribution in [0.1, 0.15) is 5.56 Å². The van der Waals surface area contributed by atoms with Crippen LogP contribution in [0.3, 0.4) is 0 Å². The molecule has 0 aliphatic rings. The summed E-state index contributed by atoms with van der Waals surface area (Å²) in [5.41, 5.74) is 6.59. The van der Waals surface area contributed by atoms with Crippen LogP contribution < -0.4 is 5.73 Å². The molecule has 0 aliphatic heterocycles. The van der Waals surface area contributed by atoms with Crippen LogP contribution in [0.5, 0.6) is 0 Å². The predicted octanol–water partition coefficient (Wildman–Crippen LogP) is 2.63. The van der Waals surface area contributed by atoms with Gasteiger partial charge in [0.1, 0.15) is 17.5 Å². The van der Waals surface area contributed by atoms with Gasteiger partial charge in [0.15, 0.2) is 0 Å². The minimum absolute atomic E-state index is 0.242. The lowest BCUT2D eigenvalue weighted by Gasteiger charge is -2.06. The first-order chi connectivity index (χ1) is 7.63. The smallest absolute Gasteiger partial charge is 0.145 e. The Balaban J connectivity index is 2.64. The molecule has 0 aliphatic carbocycles. The van der Waals surface area contributed by atoms with E-state index in [0.717, 1.165) is 0 Å². The SMILES string of the molecule is N#Cc1cnn(-c2cc(Cl)ccc2Cl)c1N. The summed E-state index contributed by atoms with van der Waals surface area (Å²) < 4.78 is 1.38. The molecule has 2 N–H and O–H groups in total. The maximum atomic E-state index is 8.76. The number of nitriles is 1. The molecule has 2 rings (SSSR count). The molecular weight excluding hydrogens is 247 g/mol. The summed E-state index contributed by atoms with van der Waals surface area (Å²) in [5.74, 6) is 0.242. The first kappa shape index (κ1) is 10.8. The second-order valence-corrected chi connectivity index (χ2v) is 3.91. The van der Waals surface area contributed by atoms with Crippen molar-refractivity contribution in [2.75, 3.05) is 5.73 Å². The molecule has 1 aromatic heterocycles. The largest absolute Gasteiger partial charge is 0.382 e. The molecule has 0 radical (unpaired) electrons. The lowest BCUT2D eigenvalue weighted by Crippen LogP contribution is -2.03. The Labute approximate surface area is 102 Å². The van der Waals surface area contributed by atoms with Crippen LogP contribution in [0.25, 0.3) is 5.69 Å². The maximum Gasteiger partial charge on any atom is 0.145 e. The third-order valence-corrected chi connectivity index (χ3v) is 2.62. The Hall–Kier alpha value is -1.70. The van der Waals surface area contributed by atoms with Gasteiger partial charge in [-0.15, -0.1) is 0 Å². The van der Waals surface area contributed by atoms with Gasteiger partial charge in [0, 0.05) is 5.02 Å². The van der Waals surface area contributed by atoms with Crippen LogP contribution in [-0.4, -0.2) is 9.78 Å². The number of rotatable bonds is 1. The van der Waals surface area contributed by atoms with Gasteiger partial charge < -0.3 is 5.73 Å². The highest BCUT2D eigenvalue weighted by Crippen LogP contribution is 2.26. The van der Waals surface area contributed by atoms with Crippen molar-refractivity contribution in [3.63, 3.8) is 0 Å². The molecule has 0 spiro atoms. The standard InChI is InChI=1S/C10H6Cl2N4/c11-7-1-2-8(12)9(3-7)16-10(14)6(4-13)5-15-16/h1-3,5H,14H2. The summed E-state index contributed by atoms with van der Waals surface area (Å²) in [7, 11) is 0. The lowest BCUT2D eigenvalue weighted by atomic mass is 10.3. The van der Waals surface area contributed by atoms with Crippen molar-refractivity contribution in [1.82, 2.24) is 9.78 Å². The van der Waals surface area contributed by atoms with Crippen molar-refractivity contribution in [1.29, 1.82) is 5.26 Å². The van der Waals surface area contributed by atoms with Crippen molar-refractivity contribution in [2.24, 2.45) is 0 Å². The number of aromatic nitrogens is 2. The lowest BCUT2D eigenvalue weighted by molar-refractivity contribution is 0.891. The van der Waals surface area contributed by atoms with E-state index in [1.165, 1.54) is 10.9 Å². The fourth-order valence-electron chi connectivity index (χ4n) is 1.28. The number of anilines is 1. The van der Waals surface area contributed by atoms with E-state index in [4.69, 9.17) is 34.2 Å². The predicted molar refractivity (Wildman–Crippen MR) is 62.7 cm³/mol. The van der Waals surface area contributed by atoms with E-state index in [1.807, 2.05) is 6.07 Å². The Kier molecular flexibility index (Phi) is 2.73. The maximum absolute atomic E-state index is 8.76. The molecule has 6 heteroatoms. The zero-order valence-corrected chi connectivity index (χ0v) is 9.50. The van der Waals surface area contributed by atoms with Crippen LogP contribution in [0.2, 0.25) is 10.0 Å². The molecule has 1 aromatic carbocycles. The number of nitrogen functional groups attached to an aromatic ring is 1. The van der Waals surface area contributed by atoms with Crippen molar-refractivity contribution >= 4 is 29.0 Å². The minimum Gasteiger partial charge on any atom is -0.382 e. The van der Waals surface area contributed by atoms with E-state index < -0.39 is 0 Å². The van der Waals surface area contributed by atoms with Crippen molar-refractivity contribution < 1.29 is 0 Å². The molecular formula is C10H6Cl2N4. The van der Waals surface area contributed by atoms with Crippen LogP contribution in [0.15, 0.2) is 24.4 Å². The summed E-state index contributed by atoms with van der Waals surface area (Å²) in [6.07, 6.45) is 1.38. The van der Waals surface area contributed by atoms with E-state index in [0.29, 0.717) is 21.3 Å². The topological polar surface area (TPSA) is 67.6 Å². The molecule has 0 unspecified atom stereocenters. The average molecular weight is 253 g/mol. The summed E-state index contributed by atoms with van der Waals surface area (Å²) in [6.45, 7) is 0. The summed E-state index contributed by atoms with van der Waals surface area (Å²) in [4.78, 5) is 0. The van der Waals surface area contributed by atoms with Crippen LogP contribution in [-0.2, 0) is 0 Å². The highest BCUT2D eigenvalue weighted by Gasteiger charge is 2.11. The monoisotopic (exact) mass is 252 g/mol. The van der Waals surface area contributed by atoms with Gasteiger partial charge in [-0.1, -0.05) is 23.2 Å². The Morgan fingerprint density at radius 1 is 1.38 bits per heavy atom. The highest BCUT2D eigenvalue weighted by atomic mass is 35.5. The molecule has 0 fully saturated rings. The van der Waals surface area contributed by atoms with Crippen LogP contribution in [0, 0.1) is 11.3 Å². The molecule has 0 saturated heterocycles. The highest BCUT2D eigenvalue weighted by molar-refractivity contribution is 6.34. The Morgan fingerprint density at radius 3 is 2.75 bits per heavy atom. The molecule has 0 atom stereocenters. The number of halogens is 2. The van der Waals surface area contributed by atoms with Gasteiger partial charge in [-0.25, -0.2) is 4.68 Å². The Bertz CT molecular complexity index is 583. The van der Waals surface area contributed by atoms with Gasteiger partial charge in [0.25, 0.3) is 0 Å². The van der Waals surface area contributed by atoms with Gasteiger partial charge >= 0.3 is 0 Å². The van der Waals surface area contributed by atoms with Crippen molar-refractivity contribution in [3.05, 3.63) is 40.0 Å². The van der Waals surface area contributed by atoms with E-state index in [-0.39, 0.29) is 5.82 Å². The molecule has 80 valence electrons. The third kappa shape index (κ3) is 1.71. The van der Waals surface area contributed by atoms with Crippen molar-refractivity contribution in [3.8, 4) is 11.8 Å². The molecule has 16 heavy (non-hydrogen) atoms. The number of benzene rings is 1. The van der Waals surface area contributed by atoms with E-state index in [9.17, 15) is 0 Å². The summed E-state index contributed by atoms with van der Waals surface area (Å²) in [6, 6.07) is 6.88. The fraction of sp³-hybridized carbons (Fsp3) is 0. The molecule has 1 heterocycles. The molecule has 0 bridgehead atoms. The summed E-state index contributed by atoms with van der Waals surface area (Å²) in [5, 5.41) is 13.7. The number of nitrogens with two attached hydrogens (primary N) is 1. The van der Waals surface area contributed by atoms with Gasteiger partial charge in [0.05, 0.1) is 16.9 Å². The second-order valence-electron chi connectivity index (χ2n) is 3.06. The van der Waals surface area contributed by atoms with Gasteiger partial charge in [0.2, 0.25) is 0 Å².